The van der Waals surface area contributed by atoms with Gasteiger partial charge in [-0.15, -0.1) is 0 Å². The molecule has 184 valence electrons. The molecule has 2 aromatic carbocycles. The average Bonchev–Trinajstić information content (AvgIpc) is 3.62. The molecule has 0 radical (unpaired) electrons. The lowest BCUT2D eigenvalue weighted by Crippen LogP contribution is -2.43. The zero-order valence-electron chi connectivity index (χ0n) is 19.2. The first-order valence-corrected chi connectivity index (χ1v) is 11.1. The molecular formula is C24H22F2N8O2. The third-order valence-electron chi connectivity index (χ3n) is 6.18. The van der Waals surface area contributed by atoms with Crippen LogP contribution >= 0.6 is 0 Å². The van der Waals surface area contributed by atoms with Crippen LogP contribution in [-0.2, 0) is 18.7 Å². The fraction of sp³-hybridized carbons (Fsp3) is 0.208. The summed E-state index contributed by atoms with van der Waals surface area (Å²) in [5, 5.41) is 23.9. The van der Waals surface area contributed by atoms with E-state index in [2.05, 4.69) is 20.3 Å². The largest absolute Gasteiger partial charge is 0.381 e. The Morgan fingerprint density at radius 1 is 1.03 bits per heavy atom. The van der Waals surface area contributed by atoms with E-state index >= 15 is 0 Å². The van der Waals surface area contributed by atoms with E-state index in [1.807, 2.05) is 12.1 Å². The van der Waals surface area contributed by atoms with Gasteiger partial charge in [-0.25, -0.2) is 23.2 Å². The molecule has 0 saturated carbocycles. The highest BCUT2D eigenvalue weighted by molar-refractivity contribution is 5.35. The molecule has 5 rings (SSSR count). The Bertz CT molecular complexity index is 1510. The van der Waals surface area contributed by atoms with Crippen LogP contribution < -0.4 is 5.69 Å². The van der Waals surface area contributed by atoms with Crippen LogP contribution in [0.3, 0.4) is 0 Å². The van der Waals surface area contributed by atoms with E-state index in [1.54, 1.807) is 42.4 Å². The molecule has 0 unspecified atom stereocenters. The highest BCUT2D eigenvalue weighted by Crippen LogP contribution is 2.36. The van der Waals surface area contributed by atoms with Crippen molar-refractivity contribution in [2.45, 2.75) is 31.7 Å². The maximum Gasteiger partial charge on any atom is 0.333 e. The van der Waals surface area contributed by atoms with Gasteiger partial charge >= 0.3 is 5.69 Å². The molecule has 0 aliphatic carbocycles. The molecule has 3 heterocycles. The normalized spacial score (nSPS) is 14.0. The number of benzene rings is 2. The zero-order chi connectivity index (χ0) is 25.3. The highest BCUT2D eigenvalue weighted by atomic mass is 19.1. The maximum absolute atomic E-state index is 14.8. The average molecular weight is 492 g/mol. The Kier molecular flexibility index (Phi) is 6.02. The smallest absolute Gasteiger partial charge is 0.333 e. The predicted molar refractivity (Wildman–Crippen MR) is 124 cm³/mol. The van der Waals surface area contributed by atoms with E-state index in [4.69, 9.17) is 0 Å². The van der Waals surface area contributed by atoms with Crippen molar-refractivity contribution in [3.8, 4) is 5.69 Å². The summed E-state index contributed by atoms with van der Waals surface area (Å²) in [5.74, 6) is -1.71. The first-order chi connectivity index (χ1) is 17.3. The summed E-state index contributed by atoms with van der Waals surface area (Å²) in [6.45, 7) is 1.86. The van der Waals surface area contributed by atoms with Crippen molar-refractivity contribution < 1.29 is 13.9 Å². The lowest BCUT2D eigenvalue weighted by Gasteiger charge is -2.35. The molecular weight excluding hydrogens is 470 g/mol. The lowest BCUT2D eigenvalue weighted by molar-refractivity contribution is -0.0342. The van der Waals surface area contributed by atoms with E-state index in [-0.39, 0.29) is 12.1 Å². The van der Waals surface area contributed by atoms with Gasteiger partial charge < -0.3 is 5.11 Å². The number of imidazole rings is 1. The van der Waals surface area contributed by atoms with Crippen molar-refractivity contribution in [3.63, 3.8) is 0 Å². The van der Waals surface area contributed by atoms with Gasteiger partial charge in [0.15, 0.2) is 0 Å². The highest BCUT2D eigenvalue weighted by Gasteiger charge is 2.41. The van der Waals surface area contributed by atoms with Gasteiger partial charge in [0.1, 0.15) is 29.9 Å². The van der Waals surface area contributed by atoms with Crippen LogP contribution in [0, 0.1) is 11.6 Å². The number of aromatic nitrogens is 8. The van der Waals surface area contributed by atoms with Gasteiger partial charge in [-0.2, -0.15) is 20.1 Å². The maximum atomic E-state index is 14.8. The monoisotopic (exact) mass is 492 g/mol. The summed E-state index contributed by atoms with van der Waals surface area (Å²) < 4.78 is 32.5. The van der Waals surface area contributed by atoms with Gasteiger partial charge in [0.2, 0.25) is 0 Å². The van der Waals surface area contributed by atoms with Crippen LogP contribution in [0.15, 0.2) is 84.7 Å². The Labute approximate surface area is 203 Å². The summed E-state index contributed by atoms with van der Waals surface area (Å²) in [4.78, 5) is 18.8. The summed E-state index contributed by atoms with van der Waals surface area (Å²) in [7, 11) is 0. The van der Waals surface area contributed by atoms with Crippen LogP contribution in [0.25, 0.3) is 5.69 Å². The number of hydrogen-bond acceptors (Lipinski definition) is 6. The van der Waals surface area contributed by atoms with Crippen molar-refractivity contribution in [1.29, 1.82) is 0 Å². The van der Waals surface area contributed by atoms with Gasteiger partial charge in [0.25, 0.3) is 0 Å². The Morgan fingerprint density at radius 2 is 1.78 bits per heavy atom. The van der Waals surface area contributed by atoms with Gasteiger partial charge in [0.05, 0.1) is 37.2 Å². The summed E-state index contributed by atoms with van der Waals surface area (Å²) in [6, 6.07) is 9.27. The fourth-order valence-corrected chi connectivity index (χ4v) is 4.21. The Hall–Kier alpha value is -4.45. The third kappa shape index (κ3) is 4.33. The second-order valence-electron chi connectivity index (χ2n) is 8.40. The van der Waals surface area contributed by atoms with Crippen LogP contribution in [0.5, 0.6) is 0 Å². The van der Waals surface area contributed by atoms with Crippen molar-refractivity contribution in [1.82, 2.24) is 38.9 Å². The third-order valence-corrected chi connectivity index (χ3v) is 6.18. The number of rotatable bonds is 8. The molecule has 5 aromatic rings. The molecule has 0 aliphatic heterocycles. The Balaban J connectivity index is 1.49. The molecule has 3 aromatic heterocycles. The molecule has 1 N–H and O–H groups in total. The molecule has 0 bridgehead atoms. The lowest BCUT2D eigenvalue weighted by atomic mass is 9.86. The second-order valence-corrected chi connectivity index (χ2v) is 8.40. The van der Waals surface area contributed by atoms with Crippen LogP contribution in [0.2, 0.25) is 0 Å². The summed E-state index contributed by atoms with van der Waals surface area (Å²) in [6.07, 6.45) is 8.93. The SMILES string of the molecule is C[C@@H](n1ccn(-c2ccc(Cn3nccn3)cc2)c1=O)[C@](O)(Cn1cncn1)c1ccc(F)cc1F. The van der Waals surface area contributed by atoms with Gasteiger partial charge in [-0.05, 0) is 30.7 Å². The number of nitrogens with zero attached hydrogens (tertiary/aromatic N) is 8. The van der Waals surface area contributed by atoms with Gasteiger partial charge in [-0.3, -0.25) is 9.13 Å². The molecule has 0 spiro atoms. The topological polar surface area (TPSA) is 109 Å². The van der Waals surface area contributed by atoms with E-state index in [9.17, 15) is 18.7 Å². The fourth-order valence-electron chi connectivity index (χ4n) is 4.21. The minimum atomic E-state index is -1.96. The van der Waals surface area contributed by atoms with Crippen molar-refractivity contribution in [2.75, 3.05) is 0 Å². The number of halogens is 2. The van der Waals surface area contributed by atoms with Crippen molar-refractivity contribution in [3.05, 3.63) is 113 Å². The molecule has 12 heteroatoms. The van der Waals surface area contributed by atoms with Crippen molar-refractivity contribution >= 4 is 0 Å². The predicted octanol–water partition coefficient (Wildman–Crippen LogP) is 2.30. The standard InChI is InChI=1S/C24H22F2N8O2/c1-17(24(36,14-31-16-27-15-30-31)21-7-4-19(25)12-22(21)26)32-10-11-33(23(32)35)20-5-2-18(3-6-20)13-34-28-8-9-29-34/h2-12,15-17,36H,13-14H2,1H3/t17-,24-/m1/s1. The molecule has 2 atom stereocenters. The zero-order valence-corrected chi connectivity index (χ0v) is 19.2. The van der Waals surface area contributed by atoms with Crippen LogP contribution in [-0.4, -0.2) is 44.0 Å². The van der Waals surface area contributed by atoms with Crippen LogP contribution in [0.1, 0.15) is 24.1 Å². The van der Waals surface area contributed by atoms with Crippen LogP contribution in [0.4, 0.5) is 8.78 Å². The van der Waals surface area contributed by atoms with E-state index in [0.717, 1.165) is 11.6 Å². The summed E-state index contributed by atoms with van der Waals surface area (Å²) in [5.41, 5.74) is -1.00. The summed E-state index contributed by atoms with van der Waals surface area (Å²) >= 11 is 0. The number of hydrogen-bond donors (Lipinski definition) is 1. The molecule has 36 heavy (non-hydrogen) atoms. The van der Waals surface area contributed by atoms with Crippen molar-refractivity contribution in [2.24, 2.45) is 0 Å². The van der Waals surface area contributed by atoms with E-state index in [0.29, 0.717) is 18.3 Å². The van der Waals surface area contributed by atoms with Gasteiger partial charge in [-0.1, -0.05) is 18.2 Å². The molecule has 0 saturated heterocycles. The minimum absolute atomic E-state index is 0.164. The second kappa shape index (κ2) is 9.30. The van der Waals surface area contributed by atoms with Gasteiger partial charge in [0, 0.05) is 24.0 Å². The van der Waals surface area contributed by atoms with E-state index in [1.165, 1.54) is 38.7 Å². The quantitative estimate of drug-likeness (QED) is 0.356. The first-order valence-electron chi connectivity index (χ1n) is 11.1. The van der Waals surface area contributed by atoms with E-state index < -0.39 is 29.0 Å². The first kappa shape index (κ1) is 23.3. The number of aliphatic hydroxyl groups is 1. The minimum Gasteiger partial charge on any atom is -0.381 e. The molecule has 0 fully saturated rings. The molecule has 0 amide bonds. The Morgan fingerprint density at radius 3 is 2.44 bits per heavy atom. The molecule has 10 nitrogen and oxygen atoms in total. The molecule has 0 aliphatic rings.